The quantitative estimate of drug-likeness (QED) is 0.670. The van der Waals surface area contributed by atoms with Crippen molar-refractivity contribution < 1.29 is 14.3 Å². The van der Waals surface area contributed by atoms with Gasteiger partial charge in [0.2, 0.25) is 11.5 Å². The van der Waals surface area contributed by atoms with Crippen molar-refractivity contribution in [3.8, 4) is 0 Å². The fourth-order valence-electron chi connectivity index (χ4n) is 1.91. The molecule has 2 amide bonds. The minimum absolute atomic E-state index is 0.0776. The van der Waals surface area contributed by atoms with Gasteiger partial charge in [-0.05, 0) is 18.9 Å². The van der Waals surface area contributed by atoms with Crippen molar-refractivity contribution in [2.24, 2.45) is 0 Å². The van der Waals surface area contributed by atoms with Crippen molar-refractivity contribution in [3.05, 3.63) is 34.2 Å². The first-order valence-electron chi connectivity index (χ1n) is 6.50. The molecule has 20 heavy (non-hydrogen) atoms. The Bertz CT molecular complexity index is 514. The SMILES string of the molecule is O=C(CNC(=O)c1ccc(=O)[nH]c1)NC[C@H]1CCCO1. The summed E-state index contributed by atoms with van der Waals surface area (Å²) in [4.78, 5) is 36.5. The molecule has 0 spiro atoms. The van der Waals surface area contributed by atoms with E-state index in [2.05, 4.69) is 15.6 Å². The van der Waals surface area contributed by atoms with E-state index in [1.54, 1.807) is 0 Å². The molecule has 108 valence electrons. The maximum atomic E-state index is 11.7. The summed E-state index contributed by atoms with van der Waals surface area (Å²) in [5.74, 6) is -0.674. The van der Waals surface area contributed by atoms with E-state index >= 15 is 0 Å². The molecule has 0 aliphatic carbocycles. The predicted octanol–water partition coefficient (Wildman–Crippen LogP) is -0.600. The van der Waals surface area contributed by atoms with Crippen LogP contribution in [0.4, 0.5) is 0 Å². The van der Waals surface area contributed by atoms with E-state index in [0.29, 0.717) is 12.1 Å². The highest BCUT2D eigenvalue weighted by molar-refractivity contribution is 5.96. The number of rotatable bonds is 5. The number of aromatic amines is 1. The molecule has 0 radical (unpaired) electrons. The maximum absolute atomic E-state index is 11.7. The van der Waals surface area contributed by atoms with Gasteiger partial charge in [-0.25, -0.2) is 0 Å². The highest BCUT2D eigenvalue weighted by Crippen LogP contribution is 2.10. The molecule has 1 atom stereocenters. The summed E-state index contributed by atoms with van der Waals surface area (Å²) >= 11 is 0. The van der Waals surface area contributed by atoms with Crippen LogP contribution in [0.1, 0.15) is 23.2 Å². The molecule has 0 aromatic carbocycles. The molecule has 1 aromatic rings. The van der Waals surface area contributed by atoms with E-state index in [1.165, 1.54) is 18.3 Å². The lowest BCUT2D eigenvalue weighted by Crippen LogP contribution is -2.40. The molecule has 1 aliphatic rings. The van der Waals surface area contributed by atoms with Gasteiger partial charge >= 0.3 is 0 Å². The van der Waals surface area contributed by atoms with E-state index < -0.39 is 5.91 Å². The summed E-state index contributed by atoms with van der Waals surface area (Å²) in [7, 11) is 0. The lowest BCUT2D eigenvalue weighted by molar-refractivity contribution is -0.120. The van der Waals surface area contributed by atoms with Crippen molar-refractivity contribution in [2.75, 3.05) is 19.7 Å². The van der Waals surface area contributed by atoms with Crippen LogP contribution in [0.25, 0.3) is 0 Å². The standard InChI is InChI=1S/C13H17N3O4/c17-11-4-3-9(6-14-11)13(19)16-8-12(18)15-7-10-2-1-5-20-10/h3-4,6,10H,1-2,5,7-8H2,(H,14,17)(H,15,18)(H,16,19)/t10-/m1/s1. The van der Waals surface area contributed by atoms with Gasteiger partial charge in [0.15, 0.2) is 0 Å². The van der Waals surface area contributed by atoms with Crippen LogP contribution in [0.2, 0.25) is 0 Å². The number of amides is 2. The van der Waals surface area contributed by atoms with Crippen LogP contribution in [0.15, 0.2) is 23.1 Å². The molecule has 3 N–H and O–H groups in total. The van der Waals surface area contributed by atoms with Crippen LogP contribution in [-0.2, 0) is 9.53 Å². The first kappa shape index (κ1) is 14.3. The number of nitrogens with one attached hydrogen (secondary N) is 3. The highest BCUT2D eigenvalue weighted by Gasteiger charge is 2.16. The Kier molecular flexibility index (Phi) is 4.89. The molecule has 0 unspecified atom stereocenters. The lowest BCUT2D eigenvalue weighted by atomic mass is 10.2. The second kappa shape index (κ2) is 6.85. The van der Waals surface area contributed by atoms with Gasteiger partial charge in [-0.1, -0.05) is 0 Å². The molecule has 2 rings (SSSR count). The van der Waals surface area contributed by atoms with Gasteiger partial charge in [-0.15, -0.1) is 0 Å². The third kappa shape index (κ3) is 4.20. The second-order valence-corrected chi connectivity index (χ2v) is 4.56. The molecule has 1 aliphatic heterocycles. The summed E-state index contributed by atoms with van der Waals surface area (Å²) in [5.41, 5.74) is 0.0207. The maximum Gasteiger partial charge on any atom is 0.253 e. The van der Waals surface area contributed by atoms with E-state index in [1.807, 2.05) is 0 Å². The highest BCUT2D eigenvalue weighted by atomic mass is 16.5. The fourth-order valence-corrected chi connectivity index (χ4v) is 1.91. The molecular formula is C13H17N3O4. The van der Waals surface area contributed by atoms with Crippen LogP contribution < -0.4 is 16.2 Å². The van der Waals surface area contributed by atoms with Gasteiger partial charge < -0.3 is 20.4 Å². The van der Waals surface area contributed by atoms with E-state index in [4.69, 9.17) is 4.74 Å². The second-order valence-electron chi connectivity index (χ2n) is 4.56. The first-order valence-corrected chi connectivity index (χ1v) is 6.50. The first-order chi connectivity index (χ1) is 9.65. The number of aromatic nitrogens is 1. The Morgan fingerprint density at radius 3 is 2.85 bits per heavy atom. The summed E-state index contributed by atoms with van der Waals surface area (Å²) in [6, 6.07) is 2.66. The molecule has 0 saturated carbocycles. The molecule has 0 bridgehead atoms. The van der Waals surface area contributed by atoms with Gasteiger partial charge in [0.25, 0.3) is 5.91 Å². The van der Waals surface area contributed by atoms with Crippen LogP contribution in [0.3, 0.4) is 0 Å². The number of ether oxygens (including phenoxy) is 1. The van der Waals surface area contributed by atoms with Crippen molar-refractivity contribution in [1.29, 1.82) is 0 Å². The smallest absolute Gasteiger partial charge is 0.253 e. The van der Waals surface area contributed by atoms with Crippen molar-refractivity contribution >= 4 is 11.8 Å². The van der Waals surface area contributed by atoms with Crippen LogP contribution >= 0.6 is 0 Å². The average Bonchev–Trinajstić information content (AvgIpc) is 2.96. The topological polar surface area (TPSA) is 100 Å². The average molecular weight is 279 g/mol. The van der Waals surface area contributed by atoms with Gasteiger partial charge in [-0.2, -0.15) is 0 Å². The van der Waals surface area contributed by atoms with Gasteiger partial charge in [-0.3, -0.25) is 14.4 Å². The van der Waals surface area contributed by atoms with Crippen LogP contribution in [-0.4, -0.2) is 42.6 Å². The zero-order valence-electron chi connectivity index (χ0n) is 11.0. The lowest BCUT2D eigenvalue weighted by Gasteiger charge is -2.11. The van der Waals surface area contributed by atoms with Gasteiger partial charge in [0.05, 0.1) is 18.2 Å². The summed E-state index contributed by atoms with van der Waals surface area (Å²) in [6.45, 7) is 1.10. The number of hydrogen-bond acceptors (Lipinski definition) is 4. The number of pyridine rings is 1. The molecule has 2 heterocycles. The normalized spacial score (nSPS) is 17.7. The number of carbonyl (C=O) groups excluding carboxylic acids is 2. The van der Waals surface area contributed by atoms with Gasteiger partial charge in [0, 0.05) is 25.4 Å². The number of carbonyl (C=O) groups is 2. The third-order valence-corrected chi connectivity index (χ3v) is 3.01. The minimum Gasteiger partial charge on any atom is -0.376 e. The van der Waals surface area contributed by atoms with E-state index in [0.717, 1.165) is 19.4 Å². The van der Waals surface area contributed by atoms with Crippen molar-refractivity contribution in [2.45, 2.75) is 18.9 Å². The third-order valence-electron chi connectivity index (χ3n) is 3.01. The van der Waals surface area contributed by atoms with Crippen LogP contribution in [0.5, 0.6) is 0 Å². The molecule has 7 nitrogen and oxygen atoms in total. The van der Waals surface area contributed by atoms with E-state index in [9.17, 15) is 14.4 Å². The molecule has 7 heteroatoms. The van der Waals surface area contributed by atoms with Crippen molar-refractivity contribution in [3.63, 3.8) is 0 Å². The zero-order chi connectivity index (χ0) is 14.4. The van der Waals surface area contributed by atoms with Gasteiger partial charge in [0.1, 0.15) is 0 Å². The minimum atomic E-state index is -0.409. The monoisotopic (exact) mass is 279 g/mol. The Balaban J connectivity index is 1.70. The predicted molar refractivity (Wildman–Crippen MR) is 71.4 cm³/mol. The zero-order valence-corrected chi connectivity index (χ0v) is 11.0. The molecular weight excluding hydrogens is 262 g/mol. The van der Waals surface area contributed by atoms with Crippen molar-refractivity contribution in [1.82, 2.24) is 15.6 Å². The summed E-state index contributed by atoms with van der Waals surface area (Å²) < 4.78 is 5.37. The van der Waals surface area contributed by atoms with Crippen LogP contribution in [0, 0.1) is 0 Å². The fraction of sp³-hybridized carbons (Fsp3) is 0.462. The molecule has 1 fully saturated rings. The Labute approximate surface area is 115 Å². The van der Waals surface area contributed by atoms with E-state index in [-0.39, 0.29) is 24.1 Å². The Hall–Kier alpha value is -2.15. The number of hydrogen-bond donors (Lipinski definition) is 3. The largest absolute Gasteiger partial charge is 0.376 e. The summed E-state index contributed by atoms with van der Waals surface area (Å²) in [6.07, 6.45) is 3.35. The Morgan fingerprint density at radius 1 is 1.35 bits per heavy atom. The Morgan fingerprint density at radius 2 is 2.20 bits per heavy atom. The number of H-pyrrole nitrogens is 1. The molecule has 1 saturated heterocycles. The summed E-state index contributed by atoms with van der Waals surface area (Å²) in [5, 5.41) is 5.18. The molecule has 1 aromatic heterocycles.